The summed E-state index contributed by atoms with van der Waals surface area (Å²) < 4.78 is 55.0. The molecule has 0 bridgehead atoms. The summed E-state index contributed by atoms with van der Waals surface area (Å²) in [6, 6.07) is 1.95. The van der Waals surface area contributed by atoms with Crippen molar-refractivity contribution in [2.24, 2.45) is 0 Å². The van der Waals surface area contributed by atoms with Crippen LogP contribution in [0.2, 0.25) is 0 Å². The van der Waals surface area contributed by atoms with E-state index in [1.807, 2.05) is 0 Å². The minimum Gasteiger partial charge on any atom is -0.394 e. The second-order valence-corrected chi connectivity index (χ2v) is 12.8. The minimum absolute atomic E-state index is 0.126. The van der Waals surface area contributed by atoms with E-state index in [4.69, 9.17) is 9.47 Å². The third-order valence-electron chi connectivity index (χ3n) is 8.24. The van der Waals surface area contributed by atoms with E-state index in [0.717, 1.165) is 22.6 Å². The molecule has 10 atom stereocenters. The van der Waals surface area contributed by atoms with Gasteiger partial charge in [0.1, 0.15) is 76.8 Å². The first-order chi connectivity index (χ1) is 23.9. The number of pyridine rings is 1. The monoisotopic (exact) mass is 724 g/mol. The molecule has 0 saturated carbocycles. The Morgan fingerprint density at radius 3 is 1.76 bits per heavy atom. The number of hydrogen-bond acceptors (Lipinski definition) is 15. The van der Waals surface area contributed by atoms with Gasteiger partial charge in [0.2, 0.25) is 5.91 Å². The zero-order chi connectivity index (χ0) is 35.9. The Morgan fingerprint density at radius 2 is 1.32 bits per heavy atom. The molecule has 0 aliphatic carbocycles. The van der Waals surface area contributed by atoms with E-state index in [0.29, 0.717) is 29.2 Å². The van der Waals surface area contributed by atoms with Gasteiger partial charge in [-0.2, -0.15) is 0 Å². The first kappa shape index (κ1) is 35.8. The van der Waals surface area contributed by atoms with Crippen LogP contribution in [0.15, 0.2) is 42.9 Å². The molecule has 6 rings (SSSR count). The molecule has 0 spiro atoms. The number of halogens is 3. The van der Waals surface area contributed by atoms with Gasteiger partial charge in [0, 0.05) is 24.2 Å². The molecule has 1 aromatic carbocycles. The van der Waals surface area contributed by atoms with Crippen LogP contribution in [0.1, 0.15) is 19.0 Å². The molecular formula is C29H31F3N8O9S. The normalized spacial score (nSPS) is 30.0. The maximum Gasteiger partial charge on any atom is 0.222 e. The largest absolute Gasteiger partial charge is 0.394 e. The van der Waals surface area contributed by atoms with E-state index in [2.05, 4.69) is 30.9 Å². The topological polar surface area (TPSA) is 243 Å². The third-order valence-corrected chi connectivity index (χ3v) is 9.56. The van der Waals surface area contributed by atoms with Crippen LogP contribution >= 0.6 is 11.8 Å². The van der Waals surface area contributed by atoms with Gasteiger partial charge in [0.15, 0.2) is 17.5 Å². The molecule has 17 nitrogen and oxygen atoms in total. The van der Waals surface area contributed by atoms with Crippen LogP contribution in [0.4, 0.5) is 19.0 Å². The molecule has 2 saturated heterocycles. The number of carbonyl (C=O) groups is 1. The summed E-state index contributed by atoms with van der Waals surface area (Å²) in [6.45, 7) is -0.0741. The van der Waals surface area contributed by atoms with Crippen molar-refractivity contribution in [2.45, 2.75) is 66.5 Å². The predicted octanol–water partition coefficient (Wildman–Crippen LogP) is -0.632. The fraction of sp³-hybridized carbons (Fsp3) is 0.448. The average Bonchev–Trinajstić information content (AvgIpc) is 3.77. The van der Waals surface area contributed by atoms with Crippen molar-refractivity contribution in [3.63, 3.8) is 0 Å². The molecule has 1 amide bonds. The number of aliphatic hydroxyl groups is 6. The van der Waals surface area contributed by atoms with Crippen LogP contribution < -0.4 is 5.32 Å². The lowest BCUT2D eigenvalue weighted by atomic mass is 9.97. The number of anilines is 1. The van der Waals surface area contributed by atoms with Crippen LogP contribution in [-0.2, 0) is 14.3 Å². The lowest BCUT2D eigenvalue weighted by Crippen LogP contribution is -2.58. The van der Waals surface area contributed by atoms with Crippen molar-refractivity contribution in [1.82, 2.24) is 35.0 Å². The standard InChI is InChI=1S/C29H31F3N8O9S/c1-11(43)34-20-3-2-12(6-33-20)16-7-39(37-35-16)22-24(44)18(9-41)48-28(26(22)46)50-29-27(47)23(25(45)19(10-42)49-29)40-8-17(36-38-40)13-4-14(30)21(32)15(31)5-13/h2-8,18-19,22-29,41-42,44-47H,9-10H2,1H3,(H,33,34,43)/t18-,19?,22?,23+,24?,25+,26-,27?,28+,29+/m1/s1. The molecule has 4 unspecified atom stereocenters. The van der Waals surface area contributed by atoms with E-state index in [1.54, 1.807) is 12.1 Å². The Labute approximate surface area is 284 Å². The number of thioether (sulfide) groups is 1. The molecule has 5 heterocycles. The van der Waals surface area contributed by atoms with Crippen molar-refractivity contribution < 1.29 is 58.1 Å². The summed E-state index contributed by atoms with van der Waals surface area (Å²) in [6.07, 6.45) is -4.85. The van der Waals surface area contributed by atoms with Crippen LogP contribution in [0, 0.1) is 17.5 Å². The fourth-order valence-electron chi connectivity index (χ4n) is 5.73. The quantitative estimate of drug-likeness (QED) is 0.106. The molecule has 3 aromatic heterocycles. The molecular weight excluding hydrogens is 693 g/mol. The molecule has 7 N–H and O–H groups in total. The Kier molecular flexibility index (Phi) is 10.5. The Hall–Kier alpha value is -4.06. The predicted molar refractivity (Wildman–Crippen MR) is 164 cm³/mol. The van der Waals surface area contributed by atoms with Gasteiger partial charge in [-0.1, -0.05) is 22.2 Å². The SMILES string of the molecule is CC(=O)Nc1ccc(-c2cn(C3C(O)[C@@H](CO)O[C@@H](S[C@@H]4OC(CO)[C@H](O)[C@H](n5cc(-c6cc(F)c(F)c(F)c6)nn5)C4O)[C@@H]3O)nn2)cn1. The Morgan fingerprint density at radius 1 is 0.820 bits per heavy atom. The fourth-order valence-corrected chi connectivity index (χ4v) is 7.05. The number of ether oxygens (including phenoxy) is 2. The van der Waals surface area contributed by atoms with Crippen LogP contribution in [0.3, 0.4) is 0 Å². The Bertz CT molecular complexity index is 1800. The minimum atomic E-state index is -1.68. The number of amides is 1. The molecule has 0 radical (unpaired) electrons. The van der Waals surface area contributed by atoms with Gasteiger partial charge < -0.3 is 45.4 Å². The number of aromatic nitrogens is 7. The number of carbonyl (C=O) groups excluding carboxylic acids is 1. The van der Waals surface area contributed by atoms with Crippen molar-refractivity contribution in [1.29, 1.82) is 0 Å². The zero-order valence-electron chi connectivity index (χ0n) is 25.8. The van der Waals surface area contributed by atoms with Gasteiger partial charge in [0.25, 0.3) is 0 Å². The highest BCUT2D eigenvalue weighted by molar-refractivity contribution is 8.00. The van der Waals surface area contributed by atoms with Gasteiger partial charge in [0.05, 0.1) is 25.6 Å². The number of nitrogens with one attached hydrogen (secondary N) is 1. The second kappa shape index (κ2) is 14.7. The average molecular weight is 725 g/mol. The van der Waals surface area contributed by atoms with Gasteiger partial charge in [-0.15, -0.1) is 10.2 Å². The zero-order valence-corrected chi connectivity index (χ0v) is 26.6. The molecule has 2 aliphatic rings. The number of benzene rings is 1. The number of hydrogen-bond donors (Lipinski definition) is 7. The maximum atomic E-state index is 13.9. The van der Waals surface area contributed by atoms with Crippen LogP contribution in [0.5, 0.6) is 0 Å². The van der Waals surface area contributed by atoms with Gasteiger partial charge in [-0.3, -0.25) is 4.79 Å². The van der Waals surface area contributed by atoms with Gasteiger partial charge >= 0.3 is 0 Å². The number of aliphatic hydroxyl groups excluding tert-OH is 6. The van der Waals surface area contributed by atoms with E-state index in [-0.39, 0.29) is 17.2 Å². The molecule has 50 heavy (non-hydrogen) atoms. The molecule has 4 aromatic rings. The van der Waals surface area contributed by atoms with Crippen molar-refractivity contribution in [3.8, 4) is 22.5 Å². The summed E-state index contributed by atoms with van der Waals surface area (Å²) in [5.74, 6) is -4.61. The van der Waals surface area contributed by atoms with E-state index in [1.165, 1.54) is 24.0 Å². The molecule has 2 aliphatic heterocycles. The third kappa shape index (κ3) is 6.95. The van der Waals surface area contributed by atoms with Crippen LogP contribution in [-0.4, -0.2) is 132 Å². The van der Waals surface area contributed by atoms with Crippen LogP contribution in [0.25, 0.3) is 22.5 Å². The summed E-state index contributed by atoms with van der Waals surface area (Å²) in [4.78, 5) is 15.4. The highest BCUT2D eigenvalue weighted by Crippen LogP contribution is 2.42. The lowest BCUT2D eigenvalue weighted by molar-refractivity contribution is -0.189. The number of nitrogens with zero attached hydrogens (tertiary/aromatic N) is 7. The molecule has 268 valence electrons. The maximum absolute atomic E-state index is 13.9. The second-order valence-electron chi connectivity index (χ2n) is 11.6. The summed E-state index contributed by atoms with van der Waals surface area (Å²) >= 11 is 0.718. The summed E-state index contributed by atoms with van der Waals surface area (Å²) in [5.41, 5.74) is -2.16. The highest BCUT2D eigenvalue weighted by Gasteiger charge is 2.51. The lowest BCUT2D eigenvalue weighted by Gasteiger charge is -2.46. The van der Waals surface area contributed by atoms with Crippen molar-refractivity contribution >= 4 is 23.5 Å². The van der Waals surface area contributed by atoms with Crippen molar-refractivity contribution in [3.05, 3.63) is 60.3 Å². The van der Waals surface area contributed by atoms with Gasteiger partial charge in [-0.25, -0.2) is 27.5 Å². The highest BCUT2D eigenvalue weighted by atomic mass is 32.2. The molecule has 2 fully saturated rings. The summed E-state index contributed by atoms with van der Waals surface area (Å²) in [7, 11) is 0. The first-order valence-electron chi connectivity index (χ1n) is 15.0. The first-order valence-corrected chi connectivity index (χ1v) is 16.0. The smallest absolute Gasteiger partial charge is 0.222 e. The van der Waals surface area contributed by atoms with E-state index < -0.39 is 90.2 Å². The van der Waals surface area contributed by atoms with E-state index >= 15 is 0 Å². The van der Waals surface area contributed by atoms with Crippen molar-refractivity contribution in [2.75, 3.05) is 18.5 Å². The molecule has 21 heteroatoms. The Balaban J connectivity index is 1.23. The summed E-state index contributed by atoms with van der Waals surface area (Å²) in [5, 5.41) is 83.3. The van der Waals surface area contributed by atoms with Gasteiger partial charge in [-0.05, 0) is 24.3 Å². The van der Waals surface area contributed by atoms with E-state index in [9.17, 15) is 48.6 Å². The number of rotatable bonds is 9.